The van der Waals surface area contributed by atoms with Gasteiger partial charge in [-0.3, -0.25) is 4.57 Å². The smallest absolute Gasteiger partial charge is 0.194 e. The molecule has 2 N–H and O–H groups in total. The van der Waals surface area contributed by atoms with Gasteiger partial charge in [-0.05, 0) is 12.1 Å². The van der Waals surface area contributed by atoms with Gasteiger partial charge in [-0.1, -0.05) is 18.2 Å². The quantitative estimate of drug-likeness (QED) is 0.620. The highest BCUT2D eigenvalue weighted by Crippen LogP contribution is 2.27. The summed E-state index contributed by atoms with van der Waals surface area (Å²) in [6, 6.07) is 12.8. The lowest BCUT2D eigenvalue weighted by Crippen LogP contribution is -1.92. The van der Waals surface area contributed by atoms with Crippen molar-refractivity contribution in [2.24, 2.45) is 0 Å². The Kier molecular flexibility index (Phi) is 2.87. The topological polar surface area (TPSA) is 45.4 Å². The van der Waals surface area contributed by atoms with E-state index < -0.39 is 0 Å². The first-order valence-electron chi connectivity index (χ1n) is 4.52. The summed E-state index contributed by atoms with van der Waals surface area (Å²) in [4.78, 5) is 1.10. The van der Waals surface area contributed by atoms with Crippen LogP contribution in [0, 0.1) is 0 Å². The third-order valence-electron chi connectivity index (χ3n) is 2.04. The predicted octanol–water partition coefficient (Wildman–Crippen LogP) is 2.65. The Morgan fingerprint density at radius 3 is 2.13 bits per heavy atom. The molecule has 1 heterocycles. The maximum atomic E-state index is 9.40. The van der Waals surface area contributed by atoms with Crippen LogP contribution in [0.1, 0.15) is 0 Å². The highest BCUT2D eigenvalue weighted by Gasteiger charge is 2.05. The second-order valence-corrected chi connectivity index (χ2v) is 4.08. The zero-order valence-corrected chi connectivity index (χ0v) is 8.81. The van der Waals surface area contributed by atoms with Crippen LogP contribution >= 0.6 is 11.8 Å². The lowest BCUT2D eigenvalue weighted by molar-refractivity contribution is 0.385. The van der Waals surface area contributed by atoms with Crippen LogP contribution in [0.25, 0.3) is 0 Å². The monoisotopic (exact) mass is 222 g/mol. The van der Waals surface area contributed by atoms with Gasteiger partial charge in [-0.25, -0.2) is 0 Å². The highest BCUT2D eigenvalue weighted by atomic mass is 32.2. The Balaban J connectivity index is 2.05. The Morgan fingerprint density at radius 1 is 0.933 bits per heavy atom. The van der Waals surface area contributed by atoms with Gasteiger partial charge in [-0.15, -0.1) is 11.8 Å². The number of thioether (sulfide) groups is 1. The van der Waals surface area contributed by atoms with Gasteiger partial charge in [0.2, 0.25) is 0 Å². The van der Waals surface area contributed by atoms with Crippen molar-refractivity contribution in [1.29, 1.82) is 0 Å². The van der Waals surface area contributed by atoms with E-state index in [9.17, 15) is 10.2 Å². The van der Waals surface area contributed by atoms with Gasteiger partial charge >= 0.3 is 0 Å². The molecule has 2 rings (SSSR count). The summed E-state index contributed by atoms with van der Waals surface area (Å²) < 4.78 is 1.44. The Labute approximate surface area is 92.0 Å². The molecule has 0 aliphatic heterocycles. The number of nitrogens with zero attached hydrogens (tertiary/aromatic N) is 1. The number of aromatic nitrogens is 1. The second-order valence-electron chi connectivity index (χ2n) is 3.06. The minimum atomic E-state index is 0.0796. The second kappa shape index (κ2) is 4.31. The van der Waals surface area contributed by atoms with Crippen molar-refractivity contribution >= 4 is 11.8 Å². The molecule has 15 heavy (non-hydrogen) atoms. The summed E-state index contributed by atoms with van der Waals surface area (Å²) in [5.74, 6) is 0.654. The van der Waals surface area contributed by atoms with Crippen LogP contribution in [0.5, 0.6) is 11.8 Å². The predicted molar refractivity (Wildman–Crippen MR) is 60.1 cm³/mol. The number of aromatic hydroxyl groups is 2. The van der Waals surface area contributed by atoms with Crippen LogP contribution in [-0.4, -0.2) is 14.8 Å². The zero-order valence-electron chi connectivity index (χ0n) is 8.00. The molecule has 0 radical (unpaired) electrons. The van der Waals surface area contributed by atoms with E-state index in [0.29, 0.717) is 5.88 Å². The van der Waals surface area contributed by atoms with Gasteiger partial charge in [0.1, 0.15) is 0 Å². The average Bonchev–Trinajstić information content (AvgIpc) is 2.58. The van der Waals surface area contributed by atoms with Crippen LogP contribution < -0.4 is 0 Å². The highest BCUT2D eigenvalue weighted by molar-refractivity contribution is 7.98. The minimum absolute atomic E-state index is 0.0796. The third kappa shape index (κ3) is 2.27. The first kappa shape index (κ1) is 9.98. The summed E-state index contributed by atoms with van der Waals surface area (Å²) in [6.07, 6.45) is 0. The number of hydrogen-bond acceptors (Lipinski definition) is 3. The molecular weight excluding hydrogens is 211 g/mol. The first-order chi connectivity index (χ1) is 7.27. The van der Waals surface area contributed by atoms with E-state index >= 15 is 0 Å². The average molecular weight is 222 g/mol. The van der Waals surface area contributed by atoms with E-state index in [0.717, 1.165) is 4.90 Å². The van der Waals surface area contributed by atoms with E-state index in [2.05, 4.69) is 0 Å². The van der Waals surface area contributed by atoms with Crippen LogP contribution in [0.15, 0.2) is 47.4 Å². The molecule has 1 aromatic carbocycles. The number of hydrogen-bond donors (Lipinski definition) is 2. The molecule has 0 aliphatic rings. The summed E-state index contributed by atoms with van der Waals surface area (Å²) in [6.45, 7) is 0. The van der Waals surface area contributed by atoms with E-state index in [1.54, 1.807) is 11.8 Å². The van der Waals surface area contributed by atoms with Crippen molar-refractivity contribution in [1.82, 2.24) is 4.57 Å². The molecule has 0 aliphatic carbocycles. The molecule has 1 aromatic heterocycles. The molecule has 0 spiro atoms. The fourth-order valence-electron chi connectivity index (χ4n) is 1.23. The molecular formula is C11H11NO2S. The molecule has 0 amide bonds. The molecule has 2 aromatic rings. The van der Waals surface area contributed by atoms with Crippen molar-refractivity contribution in [3.63, 3.8) is 0 Å². The fourth-order valence-corrected chi connectivity index (χ4v) is 2.13. The maximum absolute atomic E-state index is 9.40. The minimum Gasteiger partial charge on any atom is -0.494 e. The Morgan fingerprint density at radius 2 is 1.53 bits per heavy atom. The summed E-state index contributed by atoms with van der Waals surface area (Å²) >= 11 is 1.55. The SMILES string of the molecule is Oc1ccc(O)n1[13CH2]Sc1ccccc1. The lowest BCUT2D eigenvalue weighted by atomic mass is 10.4. The third-order valence-corrected chi connectivity index (χ3v) is 3.03. The number of rotatable bonds is 3. The molecule has 0 bridgehead atoms. The van der Waals surface area contributed by atoms with Gasteiger partial charge in [0.05, 0.1) is 5.88 Å². The van der Waals surface area contributed by atoms with Crippen molar-refractivity contribution in [2.75, 3.05) is 0 Å². The van der Waals surface area contributed by atoms with E-state index in [1.807, 2.05) is 30.3 Å². The van der Waals surface area contributed by atoms with E-state index in [-0.39, 0.29) is 11.8 Å². The summed E-state index contributed by atoms with van der Waals surface area (Å²) in [5.41, 5.74) is 0. The van der Waals surface area contributed by atoms with Crippen LogP contribution in [-0.2, 0) is 5.88 Å². The van der Waals surface area contributed by atoms with Crippen molar-refractivity contribution < 1.29 is 10.2 Å². The van der Waals surface area contributed by atoms with E-state index in [1.165, 1.54) is 16.7 Å². The van der Waals surface area contributed by atoms with Gasteiger partial charge in [0.15, 0.2) is 11.8 Å². The number of benzene rings is 1. The Bertz CT molecular complexity index is 420. The molecule has 0 atom stereocenters. The molecule has 0 saturated heterocycles. The van der Waals surface area contributed by atoms with Gasteiger partial charge in [-0.2, -0.15) is 0 Å². The molecule has 0 fully saturated rings. The maximum Gasteiger partial charge on any atom is 0.194 e. The van der Waals surface area contributed by atoms with Gasteiger partial charge in [0, 0.05) is 17.0 Å². The largest absolute Gasteiger partial charge is 0.494 e. The zero-order chi connectivity index (χ0) is 10.7. The van der Waals surface area contributed by atoms with Gasteiger partial charge in [0.25, 0.3) is 0 Å². The van der Waals surface area contributed by atoms with E-state index in [4.69, 9.17) is 0 Å². The normalized spacial score (nSPS) is 10.4. The molecule has 4 heteroatoms. The lowest BCUT2D eigenvalue weighted by Gasteiger charge is -2.05. The van der Waals surface area contributed by atoms with Gasteiger partial charge < -0.3 is 10.2 Å². The van der Waals surface area contributed by atoms with Crippen molar-refractivity contribution in [2.45, 2.75) is 10.8 Å². The molecule has 0 unspecified atom stereocenters. The van der Waals surface area contributed by atoms with Crippen molar-refractivity contribution in [3.8, 4) is 11.8 Å². The first-order valence-corrected chi connectivity index (χ1v) is 5.51. The molecule has 3 nitrogen and oxygen atoms in total. The van der Waals surface area contributed by atoms with Crippen LogP contribution in [0.4, 0.5) is 0 Å². The molecule has 0 saturated carbocycles. The summed E-state index contributed by atoms with van der Waals surface area (Å²) in [7, 11) is 0. The summed E-state index contributed by atoms with van der Waals surface area (Å²) in [5, 5.41) is 18.8. The van der Waals surface area contributed by atoms with Crippen LogP contribution in [0.3, 0.4) is 0 Å². The standard InChI is InChI=1S/C11H11NO2S/c13-10-6-7-11(14)12(10)8-15-9-4-2-1-3-5-9/h1-7,13-14H,8H2/i8+1. The molecule has 78 valence electrons. The Hall–Kier alpha value is -1.55. The van der Waals surface area contributed by atoms with Crippen molar-refractivity contribution in [3.05, 3.63) is 42.5 Å². The van der Waals surface area contributed by atoms with Crippen LogP contribution in [0.2, 0.25) is 0 Å². The fraction of sp³-hybridized carbons (Fsp3) is 0.0909.